The van der Waals surface area contributed by atoms with Crippen LogP contribution in [0.3, 0.4) is 0 Å². The third kappa shape index (κ3) is 3.43. The summed E-state index contributed by atoms with van der Waals surface area (Å²) < 4.78 is 0. The van der Waals surface area contributed by atoms with E-state index in [9.17, 15) is 0 Å². The Kier molecular flexibility index (Phi) is 5.43. The normalized spacial score (nSPS) is 21.0. The number of hydrogen-bond acceptors (Lipinski definition) is 0. The van der Waals surface area contributed by atoms with Crippen molar-refractivity contribution in [2.45, 2.75) is 72.1 Å². The van der Waals surface area contributed by atoms with Crippen molar-refractivity contribution in [1.29, 1.82) is 0 Å². The average Bonchev–Trinajstić information content (AvgIpc) is 2.64. The summed E-state index contributed by atoms with van der Waals surface area (Å²) in [5.74, 6) is 1.76. The van der Waals surface area contributed by atoms with E-state index in [-0.39, 0.29) is 1.43 Å². The van der Waals surface area contributed by atoms with E-state index in [0.717, 1.165) is 18.3 Å². The molecule has 0 aliphatic heterocycles. The maximum atomic E-state index is 2.38. The van der Waals surface area contributed by atoms with E-state index in [2.05, 4.69) is 64.1 Å². The van der Waals surface area contributed by atoms with Crippen molar-refractivity contribution in [3.05, 3.63) is 58.7 Å². The molecular weight excluding hydrogens is 288 g/mol. The van der Waals surface area contributed by atoms with Gasteiger partial charge in [0.05, 0.1) is 0 Å². The highest BCUT2D eigenvalue weighted by atomic mass is 14.3. The summed E-state index contributed by atoms with van der Waals surface area (Å²) >= 11 is 0. The minimum absolute atomic E-state index is 0. The second-order valence-corrected chi connectivity index (χ2v) is 7.62. The maximum Gasteiger partial charge on any atom is 0 e. The highest BCUT2D eigenvalue weighted by molar-refractivity contribution is 5.69. The van der Waals surface area contributed by atoms with Crippen LogP contribution in [-0.4, -0.2) is 0 Å². The Bertz CT molecular complexity index is 676. The zero-order valence-corrected chi connectivity index (χ0v) is 15.9. The van der Waals surface area contributed by atoms with Crippen LogP contribution < -0.4 is 0 Å². The first-order valence-electron chi connectivity index (χ1n) is 9.83. The molecule has 0 aromatic heterocycles. The van der Waals surface area contributed by atoms with Crippen LogP contribution in [0.2, 0.25) is 0 Å². The van der Waals surface area contributed by atoms with Crippen molar-refractivity contribution >= 4 is 0 Å². The van der Waals surface area contributed by atoms with Crippen LogP contribution in [0.25, 0.3) is 11.1 Å². The Morgan fingerprint density at radius 2 is 1.50 bits per heavy atom. The molecule has 1 aliphatic carbocycles. The van der Waals surface area contributed by atoms with E-state index in [4.69, 9.17) is 0 Å². The molecule has 0 unspecified atom stereocenters. The molecule has 2 aromatic rings. The van der Waals surface area contributed by atoms with Gasteiger partial charge in [0.1, 0.15) is 0 Å². The van der Waals surface area contributed by atoms with Crippen molar-refractivity contribution in [3.63, 3.8) is 0 Å². The van der Waals surface area contributed by atoms with E-state index in [0.29, 0.717) is 0 Å². The van der Waals surface area contributed by atoms with Gasteiger partial charge in [-0.25, -0.2) is 0 Å². The number of hydrogen-bond donors (Lipinski definition) is 0. The van der Waals surface area contributed by atoms with Gasteiger partial charge in [-0.05, 0) is 91.2 Å². The number of rotatable bonds is 4. The first-order valence-corrected chi connectivity index (χ1v) is 9.83. The van der Waals surface area contributed by atoms with E-state index < -0.39 is 0 Å². The van der Waals surface area contributed by atoms with Gasteiger partial charge in [0, 0.05) is 1.43 Å². The number of aryl methyl sites for hydroxylation is 1. The van der Waals surface area contributed by atoms with Crippen LogP contribution in [0.4, 0.5) is 0 Å². The molecule has 0 atom stereocenters. The molecule has 0 amide bonds. The van der Waals surface area contributed by atoms with Gasteiger partial charge in [0.25, 0.3) is 0 Å². The van der Waals surface area contributed by atoms with Crippen molar-refractivity contribution in [3.8, 4) is 11.1 Å². The third-order valence-electron chi connectivity index (χ3n) is 6.40. The lowest BCUT2D eigenvalue weighted by Gasteiger charge is -2.28. The molecule has 0 heteroatoms. The molecule has 130 valence electrons. The lowest BCUT2D eigenvalue weighted by Crippen LogP contribution is -2.12. The fourth-order valence-corrected chi connectivity index (χ4v) is 4.41. The zero-order chi connectivity index (χ0) is 17.1. The molecule has 0 bridgehead atoms. The van der Waals surface area contributed by atoms with Gasteiger partial charge in [-0.1, -0.05) is 56.7 Å². The van der Waals surface area contributed by atoms with E-state index in [1.54, 1.807) is 5.56 Å². The largest absolute Gasteiger partial charge is 0.0651 e. The van der Waals surface area contributed by atoms with Crippen LogP contribution in [0.15, 0.2) is 36.4 Å². The fourth-order valence-electron chi connectivity index (χ4n) is 4.41. The van der Waals surface area contributed by atoms with Crippen LogP contribution in [0.1, 0.15) is 75.5 Å². The summed E-state index contributed by atoms with van der Waals surface area (Å²) in [6.45, 7) is 9.11. The molecule has 0 heterocycles. The predicted octanol–water partition coefficient (Wildman–Crippen LogP) is 7.46. The molecule has 24 heavy (non-hydrogen) atoms. The van der Waals surface area contributed by atoms with E-state index >= 15 is 0 Å². The third-order valence-corrected chi connectivity index (χ3v) is 6.40. The molecule has 1 aliphatic rings. The van der Waals surface area contributed by atoms with Gasteiger partial charge in [-0.2, -0.15) is 0 Å². The first kappa shape index (κ1) is 17.3. The molecule has 0 radical (unpaired) electrons. The Morgan fingerprint density at radius 3 is 2.08 bits per heavy atom. The minimum Gasteiger partial charge on any atom is -0.0651 e. The summed E-state index contributed by atoms with van der Waals surface area (Å²) in [6.07, 6.45) is 8.06. The molecule has 0 spiro atoms. The molecular formula is C24H34. The molecule has 0 saturated heterocycles. The van der Waals surface area contributed by atoms with Crippen molar-refractivity contribution in [2.24, 2.45) is 5.92 Å². The van der Waals surface area contributed by atoms with Crippen LogP contribution in [0.5, 0.6) is 0 Å². The van der Waals surface area contributed by atoms with Crippen LogP contribution >= 0.6 is 0 Å². The van der Waals surface area contributed by atoms with Gasteiger partial charge in [0.15, 0.2) is 0 Å². The van der Waals surface area contributed by atoms with Crippen molar-refractivity contribution < 1.29 is 1.43 Å². The summed E-state index contributed by atoms with van der Waals surface area (Å²) in [5.41, 5.74) is 8.67. The smallest absolute Gasteiger partial charge is 0 e. The van der Waals surface area contributed by atoms with Gasteiger partial charge in [0.2, 0.25) is 0 Å². The van der Waals surface area contributed by atoms with Crippen LogP contribution in [-0.2, 0) is 6.42 Å². The Morgan fingerprint density at radius 1 is 0.833 bits per heavy atom. The maximum absolute atomic E-state index is 2.38. The lowest BCUT2D eigenvalue weighted by atomic mass is 9.77. The zero-order valence-electron chi connectivity index (χ0n) is 15.9. The highest BCUT2D eigenvalue weighted by Gasteiger charge is 2.21. The summed E-state index contributed by atoms with van der Waals surface area (Å²) in [6, 6.07) is 14.1. The molecule has 2 aromatic carbocycles. The molecule has 0 N–H and O–H groups in total. The molecule has 1 fully saturated rings. The first-order chi connectivity index (χ1) is 11.6. The summed E-state index contributed by atoms with van der Waals surface area (Å²) in [5, 5.41) is 0. The molecule has 1 saturated carbocycles. The summed E-state index contributed by atoms with van der Waals surface area (Å²) in [7, 11) is 0. The molecule has 3 rings (SSSR count). The van der Waals surface area contributed by atoms with Crippen molar-refractivity contribution in [1.82, 2.24) is 0 Å². The highest BCUT2D eigenvalue weighted by Crippen LogP contribution is 2.37. The monoisotopic (exact) mass is 322 g/mol. The Hall–Kier alpha value is -1.56. The van der Waals surface area contributed by atoms with Gasteiger partial charge >= 0.3 is 0 Å². The summed E-state index contributed by atoms with van der Waals surface area (Å²) in [4.78, 5) is 0. The van der Waals surface area contributed by atoms with Gasteiger partial charge in [-0.15, -0.1) is 0 Å². The lowest BCUT2D eigenvalue weighted by molar-refractivity contribution is 0.319. The predicted molar refractivity (Wildman–Crippen MR) is 108 cm³/mol. The van der Waals surface area contributed by atoms with E-state index in [1.807, 2.05) is 0 Å². The van der Waals surface area contributed by atoms with Gasteiger partial charge in [-0.3, -0.25) is 0 Å². The topological polar surface area (TPSA) is 0 Å². The molecule has 0 nitrogen and oxygen atoms in total. The van der Waals surface area contributed by atoms with Crippen LogP contribution in [0, 0.1) is 19.8 Å². The quantitative estimate of drug-likeness (QED) is 0.548. The SMILES string of the molecule is CCc1ccc(-c2ccc(C3CCC(CC)CC3)cc2)c(C)c1C.[HH]. The Balaban J connectivity index is 0.00000225. The average molecular weight is 323 g/mol. The van der Waals surface area contributed by atoms with E-state index in [1.165, 1.54) is 59.9 Å². The fraction of sp³-hybridized carbons (Fsp3) is 0.500. The second kappa shape index (κ2) is 7.55. The number of benzene rings is 2. The second-order valence-electron chi connectivity index (χ2n) is 7.62. The Labute approximate surface area is 149 Å². The van der Waals surface area contributed by atoms with Crippen molar-refractivity contribution in [2.75, 3.05) is 0 Å². The van der Waals surface area contributed by atoms with Gasteiger partial charge < -0.3 is 0 Å². The standard InChI is InChI=1S/C24H32.H2/c1-5-19-7-9-21(10-8-19)22-11-13-23(14-12-22)24-16-15-20(6-2)17(3)18(24)4;/h11-16,19,21H,5-10H2,1-4H3;1H. The minimum atomic E-state index is 0.